The van der Waals surface area contributed by atoms with Crippen LogP contribution in [0.15, 0.2) is 42.5 Å². The van der Waals surface area contributed by atoms with E-state index in [2.05, 4.69) is 17.0 Å². The molecule has 1 aromatic rings. The van der Waals surface area contributed by atoms with Gasteiger partial charge in [0, 0.05) is 19.8 Å². The van der Waals surface area contributed by atoms with E-state index in [1.807, 2.05) is 38.4 Å². The minimum absolute atomic E-state index is 0.763. The van der Waals surface area contributed by atoms with Crippen LogP contribution in [-0.4, -0.2) is 20.4 Å². The molecule has 0 bridgehead atoms. The fourth-order valence-electron chi connectivity index (χ4n) is 1.16. The lowest BCUT2D eigenvalue weighted by molar-refractivity contribution is -0.104. The van der Waals surface area contributed by atoms with Crippen LogP contribution in [0.4, 0.5) is 5.69 Å². The molecule has 0 aliphatic rings. The van der Waals surface area contributed by atoms with Gasteiger partial charge in [0.2, 0.25) is 0 Å². The summed E-state index contributed by atoms with van der Waals surface area (Å²) in [5.41, 5.74) is 2.30. The molecule has 0 unspecified atom stereocenters. The van der Waals surface area contributed by atoms with Crippen molar-refractivity contribution in [2.24, 2.45) is 0 Å². The summed E-state index contributed by atoms with van der Waals surface area (Å²) < 4.78 is 0. The van der Waals surface area contributed by atoms with Crippen LogP contribution in [0.3, 0.4) is 0 Å². The average Bonchev–Trinajstić information content (AvgIpc) is 2.25. The van der Waals surface area contributed by atoms with E-state index in [-0.39, 0.29) is 0 Å². The molecular weight excluding hydrogens is 186 g/mol. The maximum absolute atomic E-state index is 10.0. The van der Waals surface area contributed by atoms with Gasteiger partial charge in [0.05, 0.1) is 0 Å². The Hall–Kier alpha value is -1.83. The molecular formula is C13H15NO. The first kappa shape index (κ1) is 11.2. The molecule has 0 heterocycles. The maximum Gasteiger partial charge on any atom is 0.142 e. The van der Waals surface area contributed by atoms with Gasteiger partial charge in [-0.15, -0.1) is 0 Å². The van der Waals surface area contributed by atoms with Crippen LogP contribution in [-0.2, 0) is 4.79 Å². The fraction of sp³-hybridized carbons (Fsp3) is 0.154. The topological polar surface area (TPSA) is 20.3 Å². The van der Waals surface area contributed by atoms with Crippen LogP contribution in [0.25, 0.3) is 6.08 Å². The van der Waals surface area contributed by atoms with Gasteiger partial charge in [0.25, 0.3) is 0 Å². The smallest absolute Gasteiger partial charge is 0.142 e. The average molecular weight is 201 g/mol. The van der Waals surface area contributed by atoms with E-state index in [4.69, 9.17) is 0 Å². The highest BCUT2D eigenvalue weighted by atomic mass is 16.1. The third-order valence-corrected chi connectivity index (χ3v) is 2.00. The van der Waals surface area contributed by atoms with Gasteiger partial charge in [-0.25, -0.2) is 0 Å². The first-order valence-electron chi connectivity index (χ1n) is 4.80. The predicted octanol–water partition coefficient (Wildman–Crippen LogP) is 2.52. The van der Waals surface area contributed by atoms with Crippen LogP contribution in [0.5, 0.6) is 0 Å². The van der Waals surface area contributed by atoms with Crippen molar-refractivity contribution >= 4 is 18.0 Å². The Morgan fingerprint density at radius 1 is 1.00 bits per heavy atom. The van der Waals surface area contributed by atoms with Gasteiger partial charge >= 0.3 is 0 Å². The zero-order valence-electron chi connectivity index (χ0n) is 9.05. The van der Waals surface area contributed by atoms with Crippen LogP contribution in [0.1, 0.15) is 5.56 Å². The standard InChI is InChI=1S/C13H15NO/c1-14(2)13-9-7-12(8-10-13)6-4-3-5-11-15/h3-11H,1-2H3/b5-3+,6-4?. The van der Waals surface area contributed by atoms with Crippen LogP contribution < -0.4 is 4.90 Å². The number of hydrogen-bond donors (Lipinski definition) is 0. The first-order valence-corrected chi connectivity index (χ1v) is 4.80. The summed E-state index contributed by atoms with van der Waals surface area (Å²) in [6, 6.07) is 8.20. The van der Waals surface area contributed by atoms with Crippen molar-refractivity contribution < 1.29 is 4.79 Å². The minimum Gasteiger partial charge on any atom is -0.378 e. The van der Waals surface area contributed by atoms with E-state index in [0.29, 0.717) is 0 Å². The molecule has 0 N–H and O–H groups in total. The highest BCUT2D eigenvalue weighted by Crippen LogP contribution is 2.12. The largest absolute Gasteiger partial charge is 0.378 e. The summed E-state index contributed by atoms with van der Waals surface area (Å²) in [4.78, 5) is 12.1. The second-order valence-electron chi connectivity index (χ2n) is 3.37. The molecule has 0 aliphatic heterocycles. The van der Waals surface area contributed by atoms with E-state index < -0.39 is 0 Å². The minimum atomic E-state index is 0.763. The molecule has 78 valence electrons. The summed E-state index contributed by atoms with van der Waals surface area (Å²) >= 11 is 0. The first-order chi connectivity index (χ1) is 7.24. The van der Waals surface area contributed by atoms with E-state index in [1.54, 1.807) is 6.08 Å². The lowest BCUT2D eigenvalue weighted by Crippen LogP contribution is -2.07. The lowest BCUT2D eigenvalue weighted by Gasteiger charge is -2.11. The van der Waals surface area contributed by atoms with E-state index in [0.717, 1.165) is 11.8 Å². The van der Waals surface area contributed by atoms with Crippen LogP contribution in [0, 0.1) is 0 Å². The van der Waals surface area contributed by atoms with E-state index in [1.165, 1.54) is 11.8 Å². The molecule has 0 aliphatic carbocycles. The predicted molar refractivity (Wildman–Crippen MR) is 65.0 cm³/mol. The van der Waals surface area contributed by atoms with Crippen molar-refractivity contribution in [3.63, 3.8) is 0 Å². The van der Waals surface area contributed by atoms with Crippen LogP contribution in [0.2, 0.25) is 0 Å². The molecule has 0 radical (unpaired) electrons. The van der Waals surface area contributed by atoms with E-state index in [9.17, 15) is 4.79 Å². The van der Waals surface area contributed by atoms with Crippen molar-refractivity contribution in [2.75, 3.05) is 19.0 Å². The van der Waals surface area contributed by atoms with Gasteiger partial charge in [0.15, 0.2) is 0 Å². The zero-order chi connectivity index (χ0) is 11.1. The summed E-state index contributed by atoms with van der Waals surface area (Å²) in [7, 11) is 4.02. The molecule has 2 heteroatoms. The number of hydrogen-bond acceptors (Lipinski definition) is 2. The molecule has 15 heavy (non-hydrogen) atoms. The molecule has 2 nitrogen and oxygen atoms in total. The number of benzene rings is 1. The Morgan fingerprint density at radius 2 is 1.67 bits per heavy atom. The fourth-order valence-corrected chi connectivity index (χ4v) is 1.16. The number of aldehydes is 1. The third-order valence-electron chi connectivity index (χ3n) is 2.00. The number of nitrogens with zero attached hydrogens (tertiary/aromatic N) is 1. The molecule has 0 saturated heterocycles. The molecule has 0 atom stereocenters. The van der Waals surface area contributed by atoms with Gasteiger partial charge in [0.1, 0.15) is 6.29 Å². The number of rotatable bonds is 4. The Balaban J connectivity index is 2.68. The Morgan fingerprint density at radius 3 is 2.20 bits per heavy atom. The van der Waals surface area contributed by atoms with Gasteiger partial charge < -0.3 is 4.90 Å². The Kier molecular flexibility index (Phi) is 4.35. The van der Waals surface area contributed by atoms with E-state index >= 15 is 0 Å². The SMILES string of the molecule is CN(C)c1ccc(C=C/C=C/C=O)cc1. The molecule has 0 saturated carbocycles. The Labute approximate surface area is 90.5 Å². The zero-order valence-corrected chi connectivity index (χ0v) is 9.05. The van der Waals surface area contributed by atoms with Crippen molar-refractivity contribution in [3.05, 3.63) is 48.1 Å². The van der Waals surface area contributed by atoms with Gasteiger partial charge in [-0.05, 0) is 23.8 Å². The molecule has 0 aromatic heterocycles. The number of allylic oxidation sites excluding steroid dienone is 3. The third kappa shape index (κ3) is 3.81. The lowest BCUT2D eigenvalue weighted by atomic mass is 10.2. The summed E-state index contributed by atoms with van der Waals surface area (Å²) in [6.07, 6.45) is 7.75. The van der Waals surface area contributed by atoms with Crippen molar-refractivity contribution in [2.45, 2.75) is 0 Å². The second kappa shape index (κ2) is 5.81. The van der Waals surface area contributed by atoms with Gasteiger partial charge in [-0.1, -0.05) is 30.4 Å². The summed E-state index contributed by atoms with van der Waals surface area (Å²) in [5.74, 6) is 0. The van der Waals surface area contributed by atoms with Crippen molar-refractivity contribution in [1.29, 1.82) is 0 Å². The van der Waals surface area contributed by atoms with Crippen molar-refractivity contribution in [1.82, 2.24) is 0 Å². The molecule has 0 spiro atoms. The van der Waals surface area contributed by atoms with Crippen molar-refractivity contribution in [3.8, 4) is 0 Å². The molecule has 1 aromatic carbocycles. The normalized spacial score (nSPS) is 11.1. The number of anilines is 1. The quantitative estimate of drug-likeness (QED) is 0.424. The summed E-state index contributed by atoms with van der Waals surface area (Å²) in [6.45, 7) is 0. The summed E-state index contributed by atoms with van der Waals surface area (Å²) in [5, 5.41) is 0. The maximum atomic E-state index is 10.0. The van der Waals surface area contributed by atoms with Gasteiger partial charge in [-0.2, -0.15) is 0 Å². The monoisotopic (exact) mass is 201 g/mol. The molecule has 0 amide bonds. The highest BCUT2D eigenvalue weighted by Gasteiger charge is 1.92. The second-order valence-corrected chi connectivity index (χ2v) is 3.37. The number of carbonyl (C=O) groups excluding carboxylic acids is 1. The number of carbonyl (C=O) groups is 1. The highest BCUT2D eigenvalue weighted by molar-refractivity contribution is 5.66. The van der Waals surface area contributed by atoms with Crippen LogP contribution >= 0.6 is 0 Å². The molecule has 1 rings (SSSR count). The molecule has 0 fully saturated rings. The van der Waals surface area contributed by atoms with Gasteiger partial charge in [-0.3, -0.25) is 4.79 Å². The Bertz CT molecular complexity index is 361.